The lowest BCUT2D eigenvalue weighted by Gasteiger charge is -2.09. The minimum absolute atomic E-state index is 0.297. The van der Waals surface area contributed by atoms with Gasteiger partial charge >= 0.3 is 0 Å². The normalized spacial score (nSPS) is 12.9. The third-order valence-electron chi connectivity index (χ3n) is 3.19. The molecule has 1 rings (SSSR count). The lowest BCUT2D eigenvalue weighted by atomic mass is 10.0. The van der Waals surface area contributed by atoms with Crippen LogP contribution in [0.3, 0.4) is 0 Å². The van der Waals surface area contributed by atoms with Crippen molar-refractivity contribution in [3.05, 3.63) is 18.0 Å². The van der Waals surface area contributed by atoms with Crippen LogP contribution in [0.25, 0.3) is 0 Å². The second kappa shape index (κ2) is 8.29. The molecule has 17 heavy (non-hydrogen) atoms. The van der Waals surface area contributed by atoms with E-state index in [1.807, 2.05) is 10.9 Å². The van der Waals surface area contributed by atoms with Gasteiger partial charge in [0.05, 0.1) is 6.20 Å². The molecular weight excluding hydrogens is 210 g/mol. The van der Waals surface area contributed by atoms with Crippen molar-refractivity contribution in [2.45, 2.75) is 71.4 Å². The predicted molar refractivity (Wildman–Crippen MR) is 73.0 cm³/mol. The summed E-state index contributed by atoms with van der Waals surface area (Å²) in [5, 5.41) is 4.27. The molecule has 0 saturated heterocycles. The molecule has 3 nitrogen and oxygen atoms in total. The molecule has 0 saturated carbocycles. The molecule has 0 bridgehead atoms. The Balaban J connectivity index is 2.13. The summed E-state index contributed by atoms with van der Waals surface area (Å²) in [5.41, 5.74) is 7.41. The van der Waals surface area contributed by atoms with Crippen LogP contribution >= 0.6 is 0 Å². The first-order chi connectivity index (χ1) is 8.26. The van der Waals surface area contributed by atoms with Gasteiger partial charge < -0.3 is 5.73 Å². The van der Waals surface area contributed by atoms with E-state index in [-0.39, 0.29) is 0 Å². The van der Waals surface area contributed by atoms with Crippen LogP contribution in [0.15, 0.2) is 12.4 Å². The summed E-state index contributed by atoms with van der Waals surface area (Å²) < 4.78 is 1.96. The Kier molecular flexibility index (Phi) is 6.94. The van der Waals surface area contributed by atoms with E-state index in [2.05, 4.69) is 25.1 Å². The van der Waals surface area contributed by atoms with Crippen molar-refractivity contribution in [3.63, 3.8) is 0 Å². The number of aryl methyl sites for hydroxylation is 1. The Morgan fingerprint density at radius 1 is 1.24 bits per heavy atom. The van der Waals surface area contributed by atoms with Gasteiger partial charge in [0.1, 0.15) is 0 Å². The Hall–Kier alpha value is -0.830. The van der Waals surface area contributed by atoms with Crippen molar-refractivity contribution in [2.24, 2.45) is 5.73 Å². The Morgan fingerprint density at radius 3 is 2.65 bits per heavy atom. The van der Waals surface area contributed by atoms with Crippen LogP contribution in [-0.4, -0.2) is 15.8 Å². The molecule has 1 aromatic heterocycles. The first-order valence-electron chi connectivity index (χ1n) is 7.03. The molecule has 0 radical (unpaired) electrons. The Morgan fingerprint density at radius 2 is 2.00 bits per heavy atom. The van der Waals surface area contributed by atoms with Crippen molar-refractivity contribution < 1.29 is 0 Å². The molecule has 0 aliphatic rings. The molecule has 0 aliphatic heterocycles. The summed E-state index contributed by atoms with van der Waals surface area (Å²) >= 11 is 0. The molecule has 0 aliphatic carbocycles. The van der Waals surface area contributed by atoms with Crippen molar-refractivity contribution in [3.8, 4) is 0 Å². The first-order valence-corrected chi connectivity index (χ1v) is 7.03. The number of rotatable bonds is 9. The van der Waals surface area contributed by atoms with Gasteiger partial charge in [-0.15, -0.1) is 0 Å². The maximum atomic E-state index is 6.13. The third kappa shape index (κ3) is 5.87. The van der Waals surface area contributed by atoms with Crippen molar-refractivity contribution in [1.29, 1.82) is 0 Å². The quantitative estimate of drug-likeness (QED) is 0.671. The van der Waals surface area contributed by atoms with E-state index in [9.17, 15) is 0 Å². The molecule has 3 heteroatoms. The van der Waals surface area contributed by atoms with E-state index in [1.165, 1.54) is 37.7 Å². The fourth-order valence-electron chi connectivity index (χ4n) is 2.10. The smallest absolute Gasteiger partial charge is 0.0522 e. The van der Waals surface area contributed by atoms with Gasteiger partial charge in [0.15, 0.2) is 0 Å². The molecule has 1 heterocycles. The summed E-state index contributed by atoms with van der Waals surface area (Å²) in [4.78, 5) is 0. The average molecular weight is 237 g/mol. The van der Waals surface area contributed by atoms with E-state index in [0.29, 0.717) is 6.04 Å². The van der Waals surface area contributed by atoms with Crippen LogP contribution in [0.1, 0.15) is 57.9 Å². The monoisotopic (exact) mass is 237 g/mol. The highest BCUT2D eigenvalue weighted by molar-refractivity contribution is 5.05. The summed E-state index contributed by atoms with van der Waals surface area (Å²) in [7, 11) is 0. The molecule has 1 atom stereocenters. The second-order valence-corrected chi connectivity index (χ2v) is 4.87. The number of hydrogen-bond donors (Lipinski definition) is 1. The highest BCUT2D eigenvalue weighted by atomic mass is 15.3. The molecule has 0 fully saturated rings. The minimum atomic E-state index is 0.297. The molecule has 98 valence electrons. The van der Waals surface area contributed by atoms with E-state index >= 15 is 0 Å². The lowest BCUT2D eigenvalue weighted by Crippen LogP contribution is -2.22. The SMILES string of the molecule is CCCCCCCC(N)Cc1cnn(CC)c1. The Bertz CT molecular complexity index is 293. The highest BCUT2D eigenvalue weighted by Gasteiger charge is 2.05. The number of nitrogens with two attached hydrogens (primary N) is 1. The van der Waals surface area contributed by atoms with Crippen LogP contribution in [0.5, 0.6) is 0 Å². The van der Waals surface area contributed by atoms with E-state index < -0.39 is 0 Å². The third-order valence-corrected chi connectivity index (χ3v) is 3.19. The van der Waals surface area contributed by atoms with Crippen LogP contribution in [0, 0.1) is 0 Å². The molecular formula is C14H27N3. The summed E-state index contributed by atoms with van der Waals surface area (Å²) in [6, 6.07) is 0.297. The van der Waals surface area contributed by atoms with Crippen molar-refractivity contribution >= 4 is 0 Å². The van der Waals surface area contributed by atoms with Crippen LogP contribution in [0.4, 0.5) is 0 Å². The minimum Gasteiger partial charge on any atom is -0.327 e. The van der Waals surface area contributed by atoms with Gasteiger partial charge in [-0.1, -0.05) is 39.0 Å². The summed E-state index contributed by atoms with van der Waals surface area (Å²) in [5.74, 6) is 0. The number of hydrogen-bond acceptors (Lipinski definition) is 2. The van der Waals surface area contributed by atoms with Gasteiger partial charge in [0.2, 0.25) is 0 Å². The van der Waals surface area contributed by atoms with Crippen LogP contribution in [0.2, 0.25) is 0 Å². The van der Waals surface area contributed by atoms with Crippen LogP contribution in [-0.2, 0) is 13.0 Å². The molecule has 2 N–H and O–H groups in total. The van der Waals surface area contributed by atoms with Crippen molar-refractivity contribution in [1.82, 2.24) is 9.78 Å². The number of aromatic nitrogens is 2. The Labute approximate surface area is 105 Å². The highest BCUT2D eigenvalue weighted by Crippen LogP contribution is 2.09. The number of unbranched alkanes of at least 4 members (excludes halogenated alkanes) is 4. The van der Waals surface area contributed by atoms with Crippen LogP contribution < -0.4 is 5.73 Å². The van der Waals surface area contributed by atoms with E-state index in [1.54, 1.807) is 0 Å². The summed E-state index contributed by atoms with van der Waals surface area (Å²) in [6.07, 6.45) is 12.8. The maximum absolute atomic E-state index is 6.13. The van der Waals surface area contributed by atoms with Gasteiger partial charge in [-0.2, -0.15) is 5.10 Å². The molecule has 0 spiro atoms. The zero-order valence-corrected chi connectivity index (χ0v) is 11.4. The lowest BCUT2D eigenvalue weighted by molar-refractivity contribution is 0.538. The largest absolute Gasteiger partial charge is 0.327 e. The number of nitrogens with zero attached hydrogens (tertiary/aromatic N) is 2. The second-order valence-electron chi connectivity index (χ2n) is 4.87. The molecule has 0 amide bonds. The van der Waals surface area contributed by atoms with Gasteiger partial charge in [-0.05, 0) is 25.3 Å². The van der Waals surface area contributed by atoms with E-state index in [0.717, 1.165) is 19.4 Å². The summed E-state index contributed by atoms with van der Waals surface area (Å²) in [6.45, 7) is 5.29. The fourth-order valence-corrected chi connectivity index (χ4v) is 2.10. The fraction of sp³-hybridized carbons (Fsp3) is 0.786. The van der Waals surface area contributed by atoms with Gasteiger partial charge in [0.25, 0.3) is 0 Å². The molecule has 0 aromatic carbocycles. The topological polar surface area (TPSA) is 43.8 Å². The molecule has 1 aromatic rings. The van der Waals surface area contributed by atoms with Gasteiger partial charge in [-0.25, -0.2) is 0 Å². The van der Waals surface area contributed by atoms with E-state index in [4.69, 9.17) is 5.73 Å². The average Bonchev–Trinajstić information content (AvgIpc) is 2.76. The zero-order valence-electron chi connectivity index (χ0n) is 11.4. The standard InChI is InChI=1S/C14H27N3/c1-3-5-6-7-8-9-14(15)10-13-11-16-17(4-2)12-13/h11-12,14H,3-10,15H2,1-2H3. The molecule has 1 unspecified atom stereocenters. The van der Waals surface area contributed by atoms with Gasteiger partial charge in [-0.3, -0.25) is 4.68 Å². The maximum Gasteiger partial charge on any atom is 0.0522 e. The van der Waals surface area contributed by atoms with Gasteiger partial charge in [0, 0.05) is 18.8 Å². The van der Waals surface area contributed by atoms with Crippen molar-refractivity contribution in [2.75, 3.05) is 0 Å². The first kappa shape index (κ1) is 14.2. The predicted octanol–water partition coefficient (Wildman–Crippen LogP) is 3.13. The zero-order chi connectivity index (χ0) is 12.5.